The molecule has 2 rings (SSSR count). The van der Waals surface area contributed by atoms with Crippen molar-refractivity contribution in [3.05, 3.63) is 29.8 Å². The van der Waals surface area contributed by atoms with Gasteiger partial charge in [0.15, 0.2) is 0 Å². The summed E-state index contributed by atoms with van der Waals surface area (Å²) in [6, 6.07) is 7.41. The summed E-state index contributed by atoms with van der Waals surface area (Å²) in [6.07, 6.45) is 4.19. The average molecular weight is 305 g/mol. The Balaban J connectivity index is 1.98. The summed E-state index contributed by atoms with van der Waals surface area (Å²) >= 11 is 0. The Morgan fingerprint density at radius 1 is 1.36 bits per heavy atom. The average Bonchev–Trinajstić information content (AvgIpc) is 2.44. The molecule has 1 saturated carbocycles. The minimum atomic E-state index is -0.817. The maximum atomic E-state index is 12.5. The SMILES string of the molecule is COCCC1(C(=O)Nc2cccc(CCC(=O)O)c2)CCC1. The Hall–Kier alpha value is -1.88. The number of hydrogen-bond donors (Lipinski definition) is 2. The van der Waals surface area contributed by atoms with Gasteiger partial charge in [-0.05, 0) is 43.4 Å². The summed E-state index contributed by atoms with van der Waals surface area (Å²) < 4.78 is 5.11. The lowest BCUT2D eigenvalue weighted by atomic mass is 9.66. The Morgan fingerprint density at radius 3 is 2.73 bits per heavy atom. The zero-order valence-electron chi connectivity index (χ0n) is 12.9. The van der Waals surface area contributed by atoms with Gasteiger partial charge in [0, 0.05) is 25.8 Å². The number of anilines is 1. The number of aliphatic carboxylic acids is 1. The first-order valence-electron chi connectivity index (χ1n) is 7.67. The van der Waals surface area contributed by atoms with Crippen LogP contribution in [0.25, 0.3) is 0 Å². The lowest BCUT2D eigenvalue weighted by Crippen LogP contribution is -2.42. The van der Waals surface area contributed by atoms with Crippen LogP contribution in [0.1, 0.15) is 37.7 Å². The topological polar surface area (TPSA) is 75.6 Å². The van der Waals surface area contributed by atoms with Crippen LogP contribution >= 0.6 is 0 Å². The van der Waals surface area contributed by atoms with Crippen LogP contribution < -0.4 is 5.32 Å². The molecule has 1 aromatic rings. The van der Waals surface area contributed by atoms with Crippen molar-refractivity contribution in [1.29, 1.82) is 0 Å². The van der Waals surface area contributed by atoms with Gasteiger partial charge in [0.25, 0.3) is 0 Å². The van der Waals surface area contributed by atoms with Crippen molar-refractivity contribution in [2.24, 2.45) is 5.41 Å². The molecule has 0 unspecified atom stereocenters. The molecule has 5 heteroatoms. The number of carboxylic acid groups (broad SMARTS) is 1. The van der Waals surface area contributed by atoms with Gasteiger partial charge in [0.2, 0.25) is 5.91 Å². The predicted octanol–water partition coefficient (Wildman–Crippen LogP) is 2.85. The number of carboxylic acids is 1. The molecular formula is C17H23NO4. The molecule has 1 fully saturated rings. The zero-order chi connectivity index (χ0) is 16.0. The molecule has 0 heterocycles. The molecule has 0 saturated heterocycles. The minimum Gasteiger partial charge on any atom is -0.481 e. The fourth-order valence-electron chi connectivity index (χ4n) is 2.81. The molecule has 0 bridgehead atoms. The van der Waals surface area contributed by atoms with Gasteiger partial charge in [0.05, 0.1) is 5.41 Å². The largest absolute Gasteiger partial charge is 0.481 e. The number of carbonyl (C=O) groups excluding carboxylic acids is 1. The number of carbonyl (C=O) groups is 2. The number of benzene rings is 1. The highest BCUT2D eigenvalue weighted by atomic mass is 16.5. The van der Waals surface area contributed by atoms with Gasteiger partial charge in [-0.25, -0.2) is 0 Å². The molecule has 2 N–H and O–H groups in total. The van der Waals surface area contributed by atoms with Crippen LogP contribution in [0.5, 0.6) is 0 Å². The highest BCUT2D eigenvalue weighted by Gasteiger charge is 2.43. The second-order valence-electron chi connectivity index (χ2n) is 5.92. The van der Waals surface area contributed by atoms with Crippen molar-refractivity contribution >= 4 is 17.6 Å². The fraction of sp³-hybridized carbons (Fsp3) is 0.529. The third kappa shape index (κ3) is 4.07. The van der Waals surface area contributed by atoms with Gasteiger partial charge in [-0.1, -0.05) is 18.6 Å². The Kier molecular flexibility index (Phi) is 5.55. The van der Waals surface area contributed by atoms with Crippen molar-refractivity contribution in [3.63, 3.8) is 0 Å². The summed E-state index contributed by atoms with van der Waals surface area (Å²) in [5.41, 5.74) is 1.35. The second kappa shape index (κ2) is 7.40. The van der Waals surface area contributed by atoms with E-state index in [0.717, 1.165) is 36.9 Å². The van der Waals surface area contributed by atoms with Crippen LogP contribution in [0.2, 0.25) is 0 Å². The smallest absolute Gasteiger partial charge is 0.303 e. The van der Waals surface area contributed by atoms with Crippen molar-refractivity contribution < 1.29 is 19.4 Å². The van der Waals surface area contributed by atoms with E-state index in [4.69, 9.17) is 9.84 Å². The van der Waals surface area contributed by atoms with Crippen LogP contribution in [-0.4, -0.2) is 30.7 Å². The molecule has 22 heavy (non-hydrogen) atoms. The monoisotopic (exact) mass is 305 g/mol. The highest BCUT2D eigenvalue weighted by Crippen LogP contribution is 2.44. The molecule has 5 nitrogen and oxygen atoms in total. The fourth-order valence-corrected chi connectivity index (χ4v) is 2.81. The van der Waals surface area contributed by atoms with Crippen LogP contribution in [-0.2, 0) is 20.7 Å². The maximum absolute atomic E-state index is 12.5. The van der Waals surface area contributed by atoms with Crippen molar-refractivity contribution in [2.75, 3.05) is 19.0 Å². The normalized spacial score (nSPS) is 15.9. The lowest BCUT2D eigenvalue weighted by molar-refractivity contribution is -0.137. The van der Waals surface area contributed by atoms with E-state index in [9.17, 15) is 9.59 Å². The van der Waals surface area contributed by atoms with Crippen LogP contribution in [0.15, 0.2) is 24.3 Å². The number of amides is 1. The molecule has 120 valence electrons. The molecule has 1 aliphatic carbocycles. The molecule has 0 atom stereocenters. The first-order valence-corrected chi connectivity index (χ1v) is 7.67. The standard InChI is InChI=1S/C17H23NO4/c1-22-11-10-17(8-3-9-17)16(21)18-14-5-2-4-13(12-14)6-7-15(19)20/h2,4-5,12H,3,6-11H2,1H3,(H,18,21)(H,19,20). The first kappa shape index (κ1) is 16.5. The van der Waals surface area contributed by atoms with Gasteiger partial charge >= 0.3 is 5.97 Å². The summed E-state index contributed by atoms with van der Waals surface area (Å²) in [5, 5.41) is 11.7. The van der Waals surface area contributed by atoms with E-state index in [1.807, 2.05) is 24.3 Å². The first-order chi connectivity index (χ1) is 10.6. The van der Waals surface area contributed by atoms with Crippen molar-refractivity contribution in [2.45, 2.75) is 38.5 Å². The summed E-state index contributed by atoms with van der Waals surface area (Å²) in [7, 11) is 1.65. The van der Waals surface area contributed by atoms with Crippen LogP contribution in [0.4, 0.5) is 5.69 Å². The molecule has 1 aliphatic rings. The molecule has 1 amide bonds. The number of rotatable bonds is 8. The summed E-state index contributed by atoms with van der Waals surface area (Å²) in [4.78, 5) is 23.2. The third-order valence-electron chi connectivity index (χ3n) is 4.39. The van der Waals surface area contributed by atoms with Gasteiger partial charge in [-0.3, -0.25) is 9.59 Å². The van der Waals surface area contributed by atoms with Gasteiger partial charge in [-0.2, -0.15) is 0 Å². The van der Waals surface area contributed by atoms with Crippen molar-refractivity contribution in [3.8, 4) is 0 Å². The zero-order valence-corrected chi connectivity index (χ0v) is 12.9. The number of methoxy groups -OCH3 is 1. The Morgan fingerprint density at radius 2 is 2.14 bits per heavy atom. The van der Waals surface area contributed by atoms with E-state index >= 15 is 0 Å². The van der Waals surface area contributed by atoms with Gasteiger partial charge < -0.3 is 15.2 Å². The number of ether oxygens (including phenoxy) is 1. The van der Waals surface area contributed by atoms with Gasteiger partial charge in [0.1, 0.15) is 0 Å². The summed E-state index contributed by atoms with van der Waals surface area (Å²) in [6.45, 7) is 0.589. The van der Waals surface area contributed by atoms with Crippen molar-refractivity contribution in [1.82, 2.24) is 0 Å². The van der Waals surface area contributed by atoms with E-state index in [2.05, 4.69) is 5.32 Å². The summed E-state index contributed by atoms with van der Waals surface area (Å²) in [5.74, 6) is -0.770. The Bertz CT molecular complexity index is 537. The maximum Gasteiger partial charge on any atom is 0.303 e. The van der Waals surface area contributed by atoms with E-state index in [0.29, 0.717) is 13.0 Å². The van der Waals surface area contributed by atoms with E-state index < -0.39 is 5.97 Å². The quantitative estimate of drug-likeness (QED) is 0.774. The third-order valence-corrected chi connectivity index (χ3v) is 4.39. The number of nitrogens with one attached hydrogen (secondary N) is 1. The molecular weight excluding hydrogens is 282 g/mol. The molecule has 0 aromatic heterocycles. The van der Waals surface area contributed by atoms with E-state index in [1.54, 1.807) is 7.11 Å². The van der Waals surface area contributed by atoms with Crippen LogP contribution in [0, 0.1) is 5.41 Å². The minimum absolute atomic E-state index is 0.0474. The molecule has 0 spiro atoms. The molecule has 0 radical (unpaired) electrons. The van der Waals surface area contributed by atoms with Crippen LogP contribution in [0.3, 0.4) is 0 Å². The van der Waals surface area contributed by atoms with Gasteiger partial charge in [-0.15, -0.1) is 0 Å². The molecule has 1 aromatic carbocycles. The number of hydrogen-bond acceptors (Lipinski definition) is 3. The number of aryl methyl sites for hydroxylation is 1. The Labute approximate surface area is 130 Å². The van der Waals surface area contributed by atoms with E-state index in [1.165, 1.54) is 0 Å². The van der Waals surface area contributed by atoms with E-state index in [-0.39, 0.29) is 17.7 Å². The lowest BCUT2D eigenvalue weighted by Gasteiger charge is -2.40. The highest BCUT2D eigenvalue weighted by molar-refractivity contribution is 5.96. The second-order valence-corrected chi connectivity index (χ2v) is 5.92. The molecule has 0 aliphatic heterocycles. The predicted molar refractivity (Wildman–Crippen MR) is 83.8 cm³/mol.